The lowest BCUT2D eigenvalue weighted by molar-refractivity contribution is 0.0873. The van der Waals surface area contributed by atoms with Gasteiger partial charge in [-0.3, -0.25) is 9.59 Å². The predicted molar refractivity (Wildman–Crippen MR) is 42.2 cm³/mol. The van der Waals surface area contributed by atoms with E-state index in [1.165, 1.54) is 6.07 Å². The van der Waals surface area contributed by atoms with E-state index in [0.717, 1.165) is 0 Å². The molecule has 0 N–H and O–H groups in total. The molecule has 59 valence electrons. The molecule has 0 atom stereocenters. The van der Waals surface area contributed by atoms with Crippen LogP contribution in [0, 0.1) is 0 Å². The zero-order valence-electron chi connectivity index (χ0n) is 5.87. The van der Waals surface area contributed by atoms with Crippen molar-refractivity contribution in [1.82, 2.24) is 5.32 Å². The zero-order valence-corrected chi connectivity index (χ0v) is 6.63. The Balaban J connectivity index is 2.75. The normalized spacial score (nSPS) is 14.4. The molecule has 3 nitrogen and oxygen atoms in total. The molecule has 1 aliphatic rings. The lowest BCUT2D eigenvalue weighted by atomic mass is 10.1. The van der Waals surface area contributed by atoms with E-state index in [0.29, 0.717) is 5.56 Å². The van der Waals surface area contributed by atoms with Gasteiger partial charge in [0.1, 0.15) is 0 Å². The van der Waals surface area contributed by atoms with Gasteiger partial charge >= 0.3 is 0 Å². The Morgan fingerprint density at radius 2 is 1.92 bits per heavy atom. The largest absolute Gasteiger partial charge is 0.282 e. The summed E-state index contributed by atoms with van der Waals surface area (Å²) in [6.07, 6.45) is 0. The molecular formula is C8H3ClNO2. The van der Waals surface area contributed by atoms with Gasteiger partial charge < -0.3 is 0 Å². The molecule has 2 rings (SSSR count). The number of imide groups is 1. The molecule has 1 radical (unpaired) electrons. The number of amides is 2. The highest BCUT2D eigenvalue weighted by molar-refractivity contribution is 6.37. The second-order valence-corrected chi connectivity index (χ2v) is 2.79. The Kier molecular flexibility index (Phi) is 1.41. The van der Waals surface area contributed by atoms with Crippen molar-refractivity contribution in [3.63, 3.8) is 0 Å². The highest BCUT2D eigenvalue weighted by Gasteiger charge is 2.30. The summed E-state index contributed by atoms with van der Waals surface area (Å²) in [6, 6.07) is 4.72. The number of carbonyl (C=O) groups is 2. The van der Waals surface area contributed by atoms with Crippen LogP contribution in [0.1, 0.15) is 20.7 Å². The topological polar surface area (TPSA) is 48.2 Å². The number of halogens is 1. The quantitative estimate of drug-likeness (QED) is 0.564. The molecule has 0 bridgehead atoms. The summed E-state index contributed by atoms with van der Waals surface area (Å²) in [7, 11) is 0. The number of benzene rings is 1. The van der Waals surface area contributed by atoms with Crippen LogP contribution in [0.5, 0.6) is 0 Å². The van der Waals surface area contributed by atoms with Crippen LogP contribution in [0.3, 0.4) is 0 Å². The lowest BCUT2D eigenvalue weighted by Crippen LogP contribution is -2.10. The highest BCUT2D eigenvalue weighted by atomic mass is 35.5. The fourth-order valence-electron chi connectivity index (χ4n) is 1.13. The monoisotopic (exact) mass is 180 g/mol. The molecule has 0 fully saturated rings. The van der Waals surface area contributed by atoms with Crippen molar-refractivity contribution in [2.75, 3.05) is 0 Å². The fraction of sp³-hybridized carbons (Fsp3) is 0. The van der Waals surface area contributed by atoms with Gasteiger partial charge in [-0.05, 0) is 12.1 Å². The van der Waals surface area contributed by atoms with Crippen LogP contribution in [-0.4, -0.2) is 11.8 Å². The van der Waals surface area contributed by atoms with E-state index in [2.05, 4.69) is 5.32 Å². The van der Waals surface area contributed by atoms with Crippen LogP contribution < -0.4 is 5.32 Å². The van der Waals surface area contributed by atoms with Crippen molar-refractivity contribution >= 4 is 23.4 Å². The molecule has 0 saturated heterocycles. The predicted octanol–water partition coefficient (Wildman–Crippen LogP) is 1.24. The average Bonchev–Trinajstić information content (AvgIpc) is 2.29. The first-order valence-electron chi connectivity index (χ1n) is 3.29. The summed E-state index contributed by atoms with van der Waals surface area (Å²) in [5.41, 5.74) is 0.525. The molecule has 2 amide bonds. The molecule has 0 unspecified atom stereocenters. The first kappa shape index (κ1) is 7.31. The Hall–Kier alpha value is -1.35. The van der Waals surface area contributed by atoms with E-state index >= 15 is 0 Å². The van der Waals surface area contributed by atoms with Gasteiger partial charge in [0.2, 0.25) is 0 Å². The second kappa shape index (κ2) is 2.32. The molecule has 0 aliphatic carbocycles. The van der Waals surface area contributed by atoms with Crippen LogP contribution in [-0.2, 0) is 0 Å². The third-order valence-electron chi connectivity index (χ3n) is 1.66. The summed E-state index contributed by atoms with van der Waals surface area (Å²) >= 11 is 5.70. The van der Waals surface area contributed by atoms with Crippen LogP contribution in [0.15, 0.2) is 18.2 Å². The number of rotatable bonds is 0. The maximum absolute atomic E-state index is 11.0. The van der Waals surface area contributed by atoms with Crippen LogP contribution in [0.4, 0.5) is 0 Å². The van der Waals surface area contributed by atoms with Gasteiger partial charge in [-0.15, -0.1) is 0 Å². The number of hydrogen-bond donors (Lipinski definition) is 0. The van der Waals surface area contributed by atoms with Crippen molar-refractivity contribution in [2.24, 2.45) is 0 Å². The van der Waals surface area contributed by atoms with Gasteiger partial charge in [-0.2, -0.15) is 5.32 Å². The molecule has 0 saturated carbocycles. The summed E-state index contributed by atoms with van der Waals surface area (Å²) < 4.78 is 0. The number of carbonyl (C=O) groups excluding carboxylic acids is 2. The SMILES string of the molecule is O=C1[N]C(=O)c2c(Cl)cccc21. The number of fused-ring (bicyclic) bond motifs is 1. The van der Waals surface area contributed by atoms with Gasteiger partial charge in [-0.25, -0.2) is 0 Å². The van der Waals surface area contributed by atoms with Crippen LogP contribution in [0.25, 0.3) is 0 Å². The van der Waals surface area contributed by atoms with Crippen LogP contribution >= 0.6 is 11.6 Å². The van der Waals surface area contributed by atoms with Crippen molar-refractivity contribution in [2.45, 2.75) is 0 Å². The molecule has 1 aromatic rings. The molecule has 0 spiro atoms. The Morgan fingerprint density at radius 1 is 1.17 bits per heavy atom. The first-order chi connectivity index (χ1) is 5.70. The van der Waals surface area contributed by atoms with Crippen molar-refractivity contribution < 1.29 is 9.59 Å². The third-order valence-corrected chi connectivity index (χ3v) is 1.98. The zero-order chi connectivity index (χ0) is 8.72. The summed E-state index contributed by atoms with van der Waals surface area (Å²) in [4.78, 5) is 22.0. The van der Waals surface area contributed by atoms with Gasteiger partial charge in [0, 0.05) is 0 Å². The van der Waals surface area contributed by atoms with E-state index in [-0.39, 0.29) is 10.6 Å². The molecule has 1 heterocycles. The van der Waals surface area contributed by atoms with E-state index in [9.17, 15) is 9.59 Å². The summed E-state index contributed by atoms with van der Waals surface area (Å²) in [5, 5.41) is 3.54. The van der Waals surface area contributed by atoms with Gasteiger partial charge in [0.05, 0.1) is 16.1 Å². The Morgan fingerprint density at radius 3 is 2.58 bits per heavy atom. The minimum atomic E-state index is -0.541. The van der Waals surface area contributed by atoms with E-state index in [1.807, 2.05) is 0 Å². The van der Waals surface area contributed by atoms with Crippen molar-refractivity contribution in [3.8, 4) is 0 Å². The van der Waals surface area contributed by atoms with Crippen LogP contribution in [0.2, 0.25) is 5.02 Å². The fourth-order valence-corrected chi connectivity index (χ4v) is 1.38. The number of nitrogens with zero attached hydrogens (tertiary/aromatic N) is 1. The van der Waals surface area contributed by atoms with E-state index < -0.39 is 11.8 Å². The number of hydrogen-bond acceptors (Lipinski definition) is 2. The van der Waals surface area contributed by atoms with Gasteiger partial charge in [-0.1, -0.05) is 17.7 Å². The maximum atomic E-state index is 11.0. The summed E-state index contributed by atoms with van der Waals surface area (Å²) in [6.45, 7) is 0. The molecule has 12 heavy (non-hydrogen) atoms. The highest BCUT2D eigenvalue weighted by Crippen LogP contribution is 2.24. The first-order valence-corrected chi connectivity index (χ1v) is 3.67. The van der Waals surface area contributed by atoms with Gasteiger partial charge in [0.25, 0.3) is 11.8 Å². The lowest BCUT2D eigenvalue weighted by Gasteiger charge is -1.94. The minimum Gasteiger partial charge on any atom is -0.267 e. The molecule has 1 aromatic carbocycles. The van der Waals surface area contributed by atoms with Crippen molar-refractivity contribution in [3.05, 3.63) is 34.3 Å². The molecule has 4 heteroatoms. The molecular weight excluding hydrogens is 178 g/mol. The summed E-state index contributed by atoms with van der Waals surface area (Å²) in [5.74, 6) is -1.04. The Bertz CT molecular complexity index is 387. The second-order valence-electron chi connectivity index (χ2n) is 2.38. The van der Waals surface area contributed by atoms with Crippen molar-refractivity contribution in [1.29, 1.82) is 0 Å². The smallest absolute Gasteiger partial charge is 0.267 e. The average molecular weight is 181 g/mol. The van der Waals surface area contributed by atoms with E-state index in [4.69, 9.17) is 11.6 Å². The Labute approximate surface area is 73.3 Å². The minimum absolute atomic E-state index is 0.226. The maximum Gasteiger partial charge on any atom is 0.282 e. The molecule has 1 aliphatic heterocycles. The standard InChI is InChI=1S/C8H3ClNO2/c9-5-3-1-2-4-6(5)8(12)10-7(4)11/h1-3H. The van der Waals surface area contributed by atoms with Gasteiger partial charge in [0.15, 0.2) is 0 Å². The molecule has 0 aromatic heterocycles. The third kappa shape index (κ3) is 0.833. The van der Waals surface area contributed by atoms with E-state index in [1.54, 1.807) is 12.1 Å².